The number of benzene rings is 2. The van der Waals surface area contributed by atoms with E-state index in [4.69, 9.17) is 0 Å². The zero-order valence-corrected chi connectivity index (χ0v) is 12.2. The molecule has 0 atom stereocenters. The average molecular weight is 304 g/mol. The van der Waals surface area contributed by atoms with Crippen LogP contribution >= 0.6 is 11.3 Å². The van der Waals surface area contributed by atoms with Crippen molar-refractivity contribution < 1.29 is 4.39 Å². The molecule has 0 aliphatic carbocycles. The Balaban J connectivity index is 2.15. The van der Waals surface area contributed by atoms with Crippen LogP contribution in [0.1, 0.15) is 5.56 Å². The van der Waals surface area contributed by atoms with Crippen LogP contribution in [0.5, 0.6) is 0 Å². The molecular weight excluding hydrogens is 295 g/mol. The first-order valence-electron chi connectivity index (χ1n) is 6.75. The van der Waals surface area contributed by atoms with Gasteiger partial charge in [-0.3, -0.25) is 4.98 Å². The summed E-state index contributed by atoms with van der Waals surface area (Å²) in [5.74, 6) is -0.471. The highest BCUT2D eigenvalue weighted by Gasteiger charge is 2.15. The number of thiophene rings is 1. The molecule has 0 aliphatic rings. The fourth-order valence-electron chi connectivity index (χ4n) is 2.67. The molecule has 2 aromatic carbocycles. The van der Waals surface area contributed by atoms with Gasteiger partial charge >= 0.3 is 0 Å². The van der Waals surface area contributed by atoms with E-state index in [1.165, 1.54) is 17.4 Å². The maximum absolute atomic E-state index is 13.8. The van der Waals surface area contributed by atoms with E-state index in [1.807, 2.05) is 42.5 Å². The summed E-state index contributed by atoms with van der Waals surface area (Å²) >= 11 is 1.45. The van der Waals surface area contributed by atoms with E-state index in [-0.39, 0.29) is 5.56 Å². The van der Waals surface area contributed by atoms with Gasteiger partial charge in [0, 0.05) is 27.2 Å². The highest BCUT2D eigenvalue weighted by atomic mass is 32.1. The lowest BCUT2D eigenvalue weighted by Gasteiger charge is -2.01. The fraction of sp³-hybridized carbons (Fsp3) is 0. The van der Waals surface area contributed by atoms with Gasteiger partial charge in [-0.2, -0.15) is 5.26 Å². The van der Waals surface area contributed by atoms with E-state index >= 15 is 0 Å². The summed E-state index contributed by atoms with van der Waals surface area (Å²) in [4.78, 5) is 4.40. The Morgan fingerprint density at radius 2 is 1.82 bits per heavy atom. The van der Waals surface area contributed by atoms with Gasteiger partial charge in [0.05, 0.1) is 10.4 Å². The van der Waals surface area contributed by atoms with Crippen molar-refractivity contribution in [3.05, 3.63) is 66.1 Å². The highest BCUT2D eigenvalue weighted by Crippen LogP contribution is 2.41. The predicted molar refractivity (Wildman–Crippen MR) is 87.2 cm³/mol. The van der Waals surface area contributed by atoms with E-state index in [0.29, 0.717) is 4.70 Å². The molecule has 104 valence electrons. The third-order valence-corrected chi connectivity index (χ3v) is 4.94. The number of hydrogen-bond donors (Lipinski definition) is 0. The first-order chi connectivity index (χ1) is 10.8. The summed E-state index contributed by atoms with van der Waals surface area (Å²) in [6.07, 6.45) is 1.75. The molecule has 22 heavy (non-hydrogen) atoms. The Bertz CT molecular complexity index is 1050. The molecule has 0 saturated heterocycles. The number of rotatable bonds is 1. The van der Waals surface area contributed by atoms with Crippen LogP contribution in [-0.2, 0) is 0 Å². The third-order valence-electron chi connectivity index (χ3n) is 3.67. The molecule has 0 fully saturated rings. The molecular formula is C18H9FN2S. The monoisotopic (exact) mass is 304 g/mol. The summed E-state index contributed by atoms with van der Waals surface area (Å²) in [5.41, 5.74) is 1.99. The van der Waals surface area contributed by atoms with Crippen molar-refractivity contribution >= 4 is 31.5 Å². The summed E-state index contributed by atoms with van der Waals surface area (Å²) in [6, 6.07) is 16.8. The average Bonchev–Trinajstić information content (AvgIpc) is 2.94. The van der Waals surface area contributed by atoms with Crippen LogP contribution in [0.3, 0.4) is 0 Å². The van der Waals surface area contributed by atoms with Crippen LogP contribution in [0.25, 0.3) is 31.4 Å². The largest absolute Gasteiger partial charge is 0.256 e. The van der Waals surface area contributed by atoms with Crippen LogP contribution < -0.4 is 0 Å². The van der Waals surface area contributed by atoms with Gasteiger partial charge in [0.2, 0.25) is 0 Å². The Morgan fingerprint density at radius 1 is 0.955 bits per heavy atom. The normalized spacial score (nSPS) is 10.9. The van der Waals surface area contributed by atoms with Crippen molar-refractivity contribution in [3.63, 3.8) is 0 Å². The number of hydrogen-bond acceptors (Lipinski definition) is 3. The molecule has 2 heterocycles. The first-order valence-corrected chi connectivity index (χ1v) is 7.56. The van der Waals surface area contributed by atoms with E-state index < -0.39 is 5.82 Å². The van der Waals surface area contributed by atoms with Gasteiger partial charge in [-0.25, -0.2) is 4.39 Å². The van der Waals surface area contributed by atoms with Crippen molar-refractivity contribution in [1.82, 2.24) is 4.98 Å². The van der Waals surface area contributed by atoms with Gasteiger partial charge in [0.1, 0.15) is 17.4 Å². The Labute approximate surface area is 130 Å². The molecule has 4 rings (SSSR count). The quantitative estimate of drug-likeness (QED) is 0.489. The lowest BCUT2D eigenvalue weighted by Crippen LogP contribution is -1.82. The summed E-state index contributed by atoms with van der Waals surface area (Å²) in [6.45, 7) is 0. The second-order valence-corrected chi connectivity index (χ2v) is 5.93. The van der Waals surface area contributed by atoms with Gasteiger partial charge in [-0.1, -0.05) is 24.3 Å². The Hall–Kier alpha value is -2.77. The zero-order valence-electron chi connectivity index (χ0n) is 11.4. The number of pyridine rings is 1. The molecule has 4 heteroatoms. The summed E-state index contributed by atoms with van der Waals surface area (Å²) in [7, 11) is 0. The molecule has 0 radical (unpaired) electrons. The van der Waals surface area contributed by atoms with Crippen molar-refractivity contribution in [2.24, 2.45) is 0 Å². The van der Waals surface area contributed by atoms with Gasteiger partial charge in [-0.15, -0.1) is 11.3 Å². The molecule has 2 aromatic heterocycles. The Kier molecular flexibility index (Phi) is 2.88. The van der Waals surface area contributed by atoms with Crippen molar-refractivity contribution in [3.8, 4) is 17.3 Å². The molecule has 0 bridgehead atoms. The fourth-order valence-corrected chi connectivity index (χ4v) is 3.97. The van der Waals surface area contributed by atoms with Crippen molar-refractivity contribution in [2.75, 3.05) is 0 Å². The number of nitrogens with zero attached hydrogens (tertiary/aromatic N) is 2. The number of fused-ring (bicyclic) bond motifs is 3. The minimum Gasteiger partial charge on any atom is -0.256 e. The molecule has 0 saturated carbocycles. The minimum absolute atomic E-state index is 0.116. The van der Waals surface area contributed by atoms with Crippen molar-refractivity contribution in [1.29, 1.82) is 5.26 Å². The first kappa shape index (κ1) is 12.9. The van der Waals surface area contributed by atoms with E-state index in [2.05, 4.69) is 4.98 Å². The Morgan fingerprint density at radius 3 is 2.59 bits per heavy atom. The SMILES string of the molecule is N#Cc1c(F)ccc2c1sc1c(-c3ccccn3)cccc12. The van der Waals surface area contributed by atoms with E-state index in [0.717, 1.165) is 26.7 Å². The van der Waals surface area contributed by atoms with E-state index in [1.54, 1.807) is 12.3 Å². The molecule has 0 unspecified atom stereocenters. The van der Waals surface area contributed by atoms with Crippen LogP contribution in [0.2, 0.25) is 0 Å². The maximum Gasteiger partial charge on any atom is 0.142 e. The van der Waals surface area contributed by atoms with Crippen LogP contribution in [-0.4, -0.2) is 4.98 Å². The number of aromatic nitrogens is 1. The third kappa shape index (κ3) is 1.80. The highest BCUT2D eigenvalue weighted by molar-refractivity contribution is 7.26. The standard InChI is InChI=1S/C18H9FN2S/c19-15-8-7-12-11-4-3-5-13(16-6-1-2-9-21-16)17(11)22-18(12)14(15)10-20/h1-9H. The van der Waals surface area contributed by atoms with Crippen LogP contribution in [0.4, 0.5) is 4.39 Å². The molecule has 4 aromatic rings. The van der Waals surface area contributed by atoms with Crippen molar-refractivity contribution in [2.45, 2.75) is 0 Å². The summed E-state index contributed by atoms with van der Waals surface area (Å²) in [5, 5.41) is 11.2. The number of nitriles is 1. The molecule has 0 amide bonds. The number of halogens is 1. The molecule has 2 nitrogen and oxygen atoms in total. The zero-order chi connectivity index (χ0) is 15.1. The van der Waals surface area contributed by atoms with Crippen LogP contribution in [0, 0.1) is 17.1 Å². The minimum atomic E-state index is -0.471. The second-order valence-electron chi connectivity index (χ2n) is 4.91. The lowest BCUT2D eigenvalue weighted by molar-refractivity contribution is 0.626. The maximum atomic E-state index is 13.8. The van der Waals surface area contributed by atoms with Gasteiger partial charge in [0.15, 0.2) is 0 Å². The smallest absolute Gasteiger partial charge is 0.142 e. The van der Waals surface area contributed by atoms with E-state index in [9.17, 15) is 9.65 Å². The van der Waals surface area contributed by atoms with Gasteiger partial charge in [-0.05, 0) is 24.3 Å². The molecule has 0 spiro atoms. The van der Waals surface area contributed by atoms with Gasteiger partial charge in [0.25, 0.3) is 0 Å². The lowest BCUT2D eigenvalue weighted by atomic mass is 10.1. The van der Waals surface area contributed by atoms with Gasteiger partial charge < -0.3 is 0 Å². The molecule has 0 aliphatic heterocycles. The summed E-state index contributed by atoms with van der Waals surface area (Å²) < 4.78 is 15.6. The predicted octanol–water partition coefficient (Wildman–Crippen LogP) is 5.13. The molecule has 0 N–H and O–H groups in total. The van der Waals surface area contributed by atoms with Crippen LogP contribution in [0.15, 0.2) is 54.7 Å². The topological polar surface area (TPSA) is 36.7 Å². The second kappa shape index (κ2) is 4.90.